The van der Waals surface area contributed by atoms with E-state index in [1.807, 2.05) is 0 Å². The van der Waals surface area contributed by atoms with Gasteiger partial charge < -0.3 is 114 Å². The molecule has 7 rings (SSSR count). The molecule has 15 atom stereocenters. The van der Waals surface area contributed by atoms with E-state index in [0.29, 0.717) is 0 Å². The molecule has 3 aromatic carbocycles. The molecule has 71 heavy (non-hydrogen) atoms. The lowest BCUT2D eigenvalue weighted by atomic mass is 9.97. The van der Waals surface area contributed by atoms with Crippen LogP contribution in [0.2, 0.25) is 0 Å². The first kappa shape index (κ1) is 52.5. The van der Waals surface area contributed by atoms with Gasteiger partial charge in [0.2, 0.25) is 19.0 Å². The number of ether oxygens (including phenoxy) is 9. The van der Waals surface area contributed by atoms with Crippen molar-refractivity contribution in [3.63, 3.8) is 0 Å². The van der Waals surface area contributed by atoms with Crippen LogP contribution in [0.5, 0.6) is 34.5 Å². The van der Waals surface area contributed by atoms with E-state index < -0.39 is 160 Å². The zero-order valence-electron chi connectivity index (χ0n) is 36.8. The molecule has 0 amide bonds. The molecule has 4 aliphatic rings. The summed E-state index contributed by atoms with van der Waals surface area (Å²) in [7, 11) is 0. The van der Waals surface area contributed by atoms with Crippen molar-refractivity contribution in [1.82, 2.24) is 0 Å². The number of hydrogen-bond donors (Lipinski definition) is 13. The molecule has 26 nitrogen and oxygen atoms in total. The fraction of sp³-hybridized carbons (Fsp3) is 0.444. The summed E-state index contributed by atoms with van der Waals surface area (Å²) in [6.07, 6.45) is -27.4. The van der Waals surface area contributed by atoms with Crippen molar-refractivity contribution in [3.05, 3.63) is 83.1 Å². The summed E-state index contributed by atoms with van der Waals surface area (Å²) in [4.78, 5) is 35.9. The third kappa shape index (κ3) is 12.0. The van der Waals surface area contributed by atoms with E-state index in [9.17, 15) is 80.8 Å². The third-order valence-corrected chi connectivity index (χ3v) is 11.6. The van der Waals surface area contributed by atoms with Crippen LogP contribution in [0.1, 0.15) is 23.1 Å². The number of allylic oxidation sites excluding steroid dienone is 1. The predicted octanol–water partition coefficient (Wildman–Crippen LogP) is -3.91. The topological polar surface area (TPSA) is 420 Å². The molecule has 0 aromatic heterocycles. The predicted molar refractivity (Wildman–Crippen MR) is 229 cm³/mol. The molecule has 0 bridgehead atoms. The van der Waals surface area contributed by atoms with Gasteiger partial charge in [0.25, 0.3) is 0 Å². The van der Waals surface area contributed by atoms with Crippen LogP contribution in [-0.2, 0) is 54.0 Å². The Morgan fingerprint density at radius 2 is 1.27 bits per heavy atom. The molecular formula is C45H51O26+. The van der Waals surface area contributed by atoms with Crippen LogP contribution in [0.15, 0.2) is 66.4 Å². The number of phenols is 4. The van der Waals surface area contributed by atoms with Gasteiger partial charge in [0, 0.05) is 40.6 Å². The third-order valence-electron chi connectivity index (χ3n) is 11.6. The summed E-state index contributed by atoms with van der Waals surface area (Å²) < 4.78 is 52.0. The summed E-state index contributed by atoms with van der Waals surface area (Å²) in [6, 6.07) is 11.2. The van der Waals surface area contributed by atoms with Crippen molar-refractivity contribution >= 4 is 29.7 Å². The fourth-order valence-electron chi connectivity index (χ4n) is 7.72. The average molecular weight is 1010 g/mol. The lowest BCUT2D eigenvalue weighted by molar-refractivity contribution is -0.363. The number of fused-ring (bicyclic) bond motifs is 1. The van der Waals surface area contributed by atoms with Crippen LogP contribution >= 0.6 is 0 Å². The molecule has 0 aliphatic carbocycles. The number of hydrogen-bond acceptors (Lipinski definition) is 25. The van der Waals surface area contributed by atoms with E-state index >= 15 is 0 Å². The van der Waals surface area contributed by atoms with E-state index in [2.05, 4.69) is 0 Å². The highest BCUT2D eigenvalue weighted by atomic mass is 16.8. The number of esters is 2. The van der Waals surface area contributed by atoms with E-state index in [4.69, 9.17) is 47.7 Å². The monoisotopic (exact) mass is 1010 g/mol. The molecular weight excluding hydrogens is 956 g/mol. The van der Waals surface area contributed by atoms with Crippen molar-refractivity contribution in [2.24, 2.45) is 0 Å². The highest BCUT2D eigenvalue weighted by Gasteiger charge is 2.53. The number of aliphatic hydroxyl groups is 9. The Morgan fingerprint density at radius 3 is 1.93 bits per heavy atom. The highest BCUT2D eigenvalue weighted by molar-refractivity contribution is 5.90. The summed E-state index contributed by atoms with van der Waals surface area (Å²) in [6.45, 7) is -2.43. The summed E-state index contributed by atoms with van der Waals surface area (Å²) in [5, 5.41) is 144. The van der Waals surface area contributed by atoms with Crippen molar-refractivity contribution in [1.29, 1.82) is 0 Å². The van der Waals surface area contributed by atoms with Crippen LogP contribution in [0.3, 0.4) is 0 Å². The highest BCUT2D eigenvalue weighted by Crippen LogP contribution is 2.45. The number of benzene rings is 3. The first-order valence-electron chi connectivity index (χ1n) is 21.6. The molecule has 4 heterocycles. The van der Waals surface area contributed by atoms with Gasteiger partial charge >= 0.3 is 17.9 Å². The average Bonchev–Trinajstić information content (AvgIpc) is 3.33. The minimum atomic E-state index is -2.09. The van der Waals surface area contributed by atoms with Gasteiger partial charge in [0.05, 0.1) is 6.61 Å². The quantitative estimate of drug-likeness (QED) is 0.0214. The first-order chi connectivity index (χ1) is 33.7. The van der Waals surface area contributed by atoms with Gasteiger partial charge in [0.15, 0.2) is 29.7 Å². The van der Waals surface area contributed by atoms with E-state index in [0.717, 1.165) is 24.3 Å². The minimum absolute atomic E-state index is 0.00989. The molecule has 386 valence electrons. The number of carbonyl (C=O) groups excluding carboxylic acids is 3. The molecule has 4 aliphatic heterocycles. The molecule has 26 heteroatoms. The molecule has 0 radical (unpaired) electrons. The molecule has 3 saturated heterocycles. The molecule has 0 unspecified atom stereocenters. The Labute approximate surface area is 400 Å². The maximum absolute atomic E-state index is 12.8. The Balaban J connectivity index is 1.20. The van der Waals surface area contributed by atoms with Gasteiger partial charge in [-0.05, 0) is 48.0 Å². The van der Waals surface area contributed by atoms with E-state index in [1.54, 1.807) is 0 Å². The van der Waals surface area contributed by atoms with Crippen molar-refractivity contribution in [2.75, 3.05) is 19.8 Å². The zero-order chi connectivity index (χ0) is 51.4. The van der Waals surface area contributed by atoms with Crippen LogP contribution < -0.4 is 9.47 Å². The van der Waals surface area contributed by atoms with Gasteiger partial charge in [-0.15, -0.1) is 0 Å². The molecule has 0 spiro atoms. The Kier molecular flexibility index (Phi) is 16.5. The SMILES string of the molecule is O=C([OH2+])CC(=O)OC[C@H]1O[C@@H](Oc2cc(O)cc3c2CC(O[C@@H]2O[C@H](COC(=O)/C=C/c4ccc(O)c(O)c4)[C@@H](O)[C@H](O)[C@H]2O[C@@H]2O[C@H](CO)[C@@H](O)[C@H](O)[C@H]2O)=C(c2ccc(O)cc2)O3)[C@H](O)[C@@H](O)[C@@H]1O. The molecule has 0 saturated carbocycles. The second-order valence-corrected chi connectivity index (χ2v) is 16.6. The van der Waals surface area contributed by atoms with Crippen molar-refractivity contribution in [3.8, 4) is 34.5 Å². The van der Waals surface area contributed by atoms with Crippen LogP contribution in [0, 0.1) is 0 Å². The summed E-state index contributed by atoms with van der Waals surface area (Å²) in [5.74, 6) is -5.79. The van der Waals surface area contributed by atoms with Gasteiger partial charge in [0.1, 0.15) is 109 Å². The Hall–Kier alpha value is -6.37. The maximum atomic E-state index is 12.8. The number of phenolic OH excluding ortho intramolecular Hbond substituents is 4. The van der Waals surface area contributed by atoms with Crippen LogP contribution in [0.25, 0.3) is 11.8 Å². The van der Waals surface area contributed by atoms with Crippen molar-refractivity contribution in [2.45, 2.75) is 105 Å². The van der Waals surface area contributed by atoms with Gasteiger partial charge in [-0.2, -0.15) is 0 Å². The van der Waals surface area contributed by atoms with E-state index in [1.165, 1.54) is 42.5 Å². The number of rotatable bonds is 16. The minimum Gasteiger partial charge on any atom is -0.564 e. The number of aromatic hydroxyl groups is 4. The standard InChI is InChI=1S/C45H50O26/c46-14-27-33(55)36(58)40(62)44(68-27)71-42-38(60)35(57)29(15-63-31(53)8-2-17-1-7-22(49)23(50)9-17)70-45(42)67-26-12-21-24(65-41(26)18-3-5-19(47)6-4-18)10-20(48)11-25(21)66-43-39(61)37(59)34(56)28(69-43)16-64-32(54)13-30(51)52/h1-11,27-29,33-40,42-50,55-62H,12-16H2,(H,51,52)/p+1/b8-2+/t27-,28-,29-,33-,34-,35-,36+,37+,38+,39-,40-,42-,43-,44+,45-/m1/s1. The summed E-state index contributed by atoms with van der Waals surface area (Å²) >= 11 is 0. The van der Waals surface area contributed by atoms with Gasteiger partial charge in [-0.25, -0.2) is 4.79 Å². The summed E-state index contributed by atoms with van der Waals surface area (Å²) in [5.41, 5.74) is 0.489. The molecule has 3 aromatic rings. The lowest BCUT2D eigenvalue weighted by Gasteiger charge is -2.46. The maximum Gasteiger partial charge on any atom is 0.527 e. The van der Waals surface area contributed by atoms with Crippen LogP contribution in [-0.4, -0.2) is 201 Å². The Morgan fingerprint density at radius 1 is 0.648 bits per heavy atom. The second-order valence-electron chi connectivity index (χ2n) is 16.6. The largest absolute Gasteiger partial charge is 0.564 e. The van der Waals surface area contributed by atoms with Crippen molar-refractivity contribution < 1.29 is 129 Å². The van der Waals surface area contributed by atoms with Gasteiger partial charge in [-0.3, -0.25) is 4.79 Å². The second kappa shape index (κ2) is 22.4. The number of aliphatic hydroxyl groups excluding tert-OH is 9. The molecule has 15 N–H and O–H groups in total. The van der Waals surface area contributed by atoms with Gasteiger partial charge in [-0.1, -0.05) is 6.07 Å². The Bertz CT molecular complexity index is 2440. The van der Waals surface area contributed by atoms with Crippen LogP contribution in [0.4, 0.5) is 0 Å². The number of carbonyl (C=O) groups is 3. The van der Waals surface area contributed by atoms with E-state index in [-0.39, 0.29) is 45.5 Å². The normalized spacial score (nSPS) is 31.8. The zero-order valence-corrected chi connectivity index (χ0v) is 36.8. The smallest absolute Gasteiger partial charge is 0.527 e. The fourth-order valence-corrected chi connectivity index (χ4v) is 7.72. The lowest BCUT2D eigenvalue weighted by Crippen LogP contribution is -2.64. The first-order valence-corrected chi connectivity index (χ1v) is 21.6. The molecule has 3 fully saturated rings.